The first kappa shape index (κ1) is 13.8. The molecule has 0 bridgehead atoms. The van der Waals surface area contributed by atoms with Gasteiger partial charge in [-0.05, 0) is 31.9 Å². The average molecular weight is 300 g/mol. The van der Waals surface area contributed by atoms with Crippen LogP contribution in [0.5, 0.6) is 0 Å². The zero-order valence-electron chi connectivity index (χ0n) is 11.0. The minimum atomic E-state index is -1.78. The highest BCUT2D eigenvalue weighted by Crippen LogP contribution is 2.45. The van der Waals surface area contributed by atoms with Crippen LogP contribution in [0.1, 0.15) is 31.7 Å². The summed E-state index contributed by atoms with van der Waals surface area (Å²) in [5.41, 5.74) is -1.78. The molecule has 0 spiro atoms. The van der Waals surface area contributed by atoms with Gasteiger partial charge in [0.2, 0.25) is 0 Å². The molecule has 108 valence electrons. The molecule has 3 rings (SSSR count). The highest BCUT2D eigenvalue weighted by Gasteiger charge is 2.51. The van der Waals surface area contributed by atoms with Crippen LogP contribution in [0, 0.1) is 5.82 Å². The molecule has 2 aliphatic heterocycles. The Bertz CT molecular complexity index is 586. The Morgan fingerprint density at radius 3 is 2.95 bits per heavy atom. The number of halogens is 2. The molecule has 6 heteroatoms. The second-order valence-corrected chi connectivity index (χ2v) is 6.11. The molecule has 0 aliphatic carbocycles. The normalized spacial score (nSPS) is 32.3. The van der Waals surface area contributed by atoms with Crippen LogP contribution in [0.25, 0.3) is 0 Å². The van der Waals surface area contributed by atoms with Crippen LogP contribution in [0.15, 0.2) is 12.1 Å². The molecular formula is C14H15ClFNO3. The summed E-state index contributed by atoms with van der Waals surface area (Å²) in [7, 11) is 0. The zero-order valence-corrected chi connectivity index (χ0v) is 11.8. The quantitative estimate of drug-likeness (QED) is 0.882. The van der Waals surface area contributed by atoms with Crippen molar-refractivity contribution in [1.82, 2.24) is 0 Å². The number of anilines is 1. The van der Waals surface area contributed by atoms with E-state index in [-0.39, 0.29) is 17.0 Å². The first-order valence-corrected chi connectivity index (χ1v) is 6.89. The van der Waals surface area contributed by atoms with E-state index in [2.05, 4.69) is 5.32 Å². The van der Waals surface area contributed by atoms with Crippen LogP contribution in [-0.2, 0) is 15.1 Å². The van der Waals surface area contributed by atoms with Gasteiger partial charge < -0.3 is 15.2 Å². The zero-order chi connectivity index (χ0) is 14.5. The predicted octanol–water partition coefficient (Wildman–Crippen LogP) is 2.58. The van der Waals surface area contributed by atoms with E-state index in [9.17, 15) is 14.3 Å². The molecule has 0 saturated carbocycles. The highest BCUT2D eigenvalue weighted by atomic mass is 35.5. The Hall–Kier alpha value is -1.17. The van der Waals surface area contributed by atoms with Gasteiger partial charge in [-0.2, -0.15) is 0 Å². The van der Waals surface area contributed by atoms with Crippen LogP contribution in [0.4, 0.5) is 10.1 Å². The summed E-state index contributed by atoms with van der Waals surface area (Å²) in [6, 6.07) is 2.44. The molecule has 2 unspecified atom stereocenters. The smallest absolute Gasteiger partial charge is 0.261 e. The summed E-state index contributed by atoms with van der Waals surface area (Å²) in [6.07, 6.45) is 1.74. The number of rotatable bonds is 2. The van der Waals surface area contributed by atoms with Crippen molar-refractivity contribution < 1.29 is 19.0 Å². The van der Waals surface area contributed by atoms with Crippen molar-refractivity contribution in [2.75, 3.05) is 11.9 Å². The van der Waals surface area contributed by atoms with Crippen molar-refractivity contribution in [3.63, 3.8) is 0 Å². The van der Waals surface area contributed by atoms with E-state index in [0.717, 1.165) is 18.9 Å². The average Bonchev–Trinajstić information content (AvgIpc) is 2.87. The maximum atomic E-state index is 13.6. The molecule has 0 radical (unpaired) electrons. The molecule has 1 fully saturated rings. The maximum absolute atomic E-state index is 13.6. The summed E-state index contributed by atoms with van der Waals surface area (Å²) in [5, 5.41) is 13.2. The number of amides is 1. The second-order valence-electron chi connectivity index (χ2n) is 5.70. The van der Waals surface area contributed by atoms with Crippen molar-refractivity contribution in [2.45, 2.75) is 37.4 Å². The van der Waals surface area contributed by atoms with Crippen molar-refractivity contribution in [3.8, 4) is 0 Å². The van der Waals surface area contributed by atoms with Crippen molar-refractivity contribution in [2.24, 2.45) is 0 Å². The van der Waals surface area contributed by atoms with Crippen LogP contribution < -0.4 is 5.32 Å². The lowest BCUT2D eigenvalue weighted by molar-refractivity contribution is -0.141. The third kappa shape index (κ3) is 2.01. The number of carbonyl (C=O) groups excluding carboxylic acids is 1. The number of hydrogen-bond donors (Lipinski definition) is 2. The first-order valence-electron chi connectivity index (χ1n) is 6.51. The minimum absolute atomic E-state index is 0.0865. The monoisotopic (exact) mass is 299 g/mol. The lowest BCUT2D eigenvalue weighted by atomic mass is 9.82. The van der Waals surface area contributed by atoms with Gasteiger partial charge in [0.15, 0.2) is 5.60 Å². The Morgan fingerprint density at radius 2 is 2.30 bits per heavy atom. The molecular weight excluding hydrogens is 285 g/mol. The van der Waals surface area contributed by atoms with Crippen LogP contribution in [0.3, 0.4) is 0 Å². The van der Waals surface area contributed by atoms with E-state index in [1.165, 1.54) is 6.07 Å². The van der Waals surface area contributed by atoms with Crippen LogP contribution >= 0.6 is 11.6 Å². The summed E-state index contributed by atoms with van der Waals surface area (Å²) in [5.74, 6) is -1.22. The second kappa shape index (κ2) is 4.41. The maximum Gasteiger partial charge on any atom is 0.261 e. The molecule has 2 atom stereocenters. The third-order valence-electron chi connectivity index (χ3n) is 4.06. The fraction of sp³-hybridized carbons (Fsp3) is 0.500. The lowest BCUT2D eigenvalue weighted by Gasteiger charge is -2.31. The fourth-order valence-corrected chi connectivity index (χ4v) is 3.20. The van der Waals surface area contributed by atoms with Gasteiger partial charge in [-0.25, -0.2) is 4.39 Å². The van der Waals surface area contributed by atoms with Gasteiger partial charge >= 0.3 is 0 Å². The Labute approximate surface area is 120 Å². The van der Waals surface area contributed by atoms with Crippen LogP contribution in [0.2, 0.25) is 5.02 Å². The summed E-state index contributed by atoms with van der Waals surface area (Å²) >= 11 is 5.70. The number of carbonyl (C=O) groups is 1. The molecule has 1 saturated heterocycles. The molecule has 2 N–H and O–H groups in total. The van der Waals surface area contributed by atoms with Crippen molar-refractivity contribution >= 4 is 23.2 Å². The molecule has 2 aliphatic rings. The number of benzene rings is 1. The van der Waals surface area contributed by atoms with Crippen LogP contribution in [-0.4, -0.2) is 23.2 Å². The standard InChI is InChI=1S/C14H15ClFNO3/c1-13(3-2-4-20-13)7-14(19)8-5-10(16)9(15)6-11(8)17-12(14)18/h5-6,19H,2-4,7H2,1H3,(H,17,18). The molecule has 20 heavy (non-hydrogen) atoms. The number of aliphatic hydroxyl groups is 1. The van der Waals surface area contributed by atoms with Gasteiger partial charge in [0.05, 0.1) is 10.6 Å². The third-order valence-corrected chi connectivity index (χ3v) is 4.35. The van der Waals surface area contributed by atoms with E-state index >= 15 is 0 Å². The van der Waals surface area contributed by atoms with Gasteiger partial charge in [0.25, 0.3) is 5.91 Å². The van der Waals surface area contributed by atoms with E-state index in [1.54, 1.807) is 0 Å². The summed E-state index contributed by atoms with van der Waals surface area (Å²) in [6.45, 7) is 2.46. The minimum Gasteiger partial charge on any atom is -0.375 e. The van der Waals surface area contributed by atoms with Gasteiger partial charge in [-0.1, -0.05) is 11.6 Å². The molecule has 1 amide bonds. The molecule has 0 aromatic heterocycles. The van der Waals surface area contributed by atoms with Crippen molar-refractivity contribution in [1.29, 1.82) is 0 Å². The molecule has 1 aromatic carbocycles. The largest absolute Gasteiger partial charge is 0.375 e. The van der Waals surface area contributed by atoms with Gasteiger partial charge in [0.1, 0.15) is 5.82 Å². The first-order chi connectivity index (χ1) is 9.34. The van der Waals surface area contributed by atoms with E-state index < -0.39 is 22.9 Å². The lowest BCUT2D eigenvalue weighted by Crippen LogP contribution is -2.42. The van der Waals surface area contributed by atoms with Gasteiger partial charge in [0, 0.05) is 24.3 Å². The number of nitrogens with one attached hydrogen (secondary N) is 1. The molecule has 4 nitrogen and oxygen atoms in total. The Kier molecular flexibility index (Phi) is 3.04. The van der Waals surface area contributed by atoms with Crippen molar-refractivity contribution in [3.05, 3.63) is 28.5 Å². The van der Waals surface area contributed by atoms with E-state index in [4.69, 9.17) is 16.3 Å². The summed E-state index contributed by atoms with van der Waals surface area (Å²) in [4.78, 5) is 12.1. The van der Waals surface area contributed by atoms with E-state index in [0.29, 0.717) is 12.3 Å². The Balaban J connectivity index is 2.02. The SMILES string of the molecule is CC1(CC2(O)C(=O)Nc3cc(Cl)c(F)cc32)CCCO1. The predicted molar refractivity (Wildman–Crippen MR) is 72.1 cm³/mol. The Morgan fingerprint density at radius 1 is 1.55 bits per heavy atom. The molecule has 1 aromatic rings. The summed E-state index contributed by atoms with van der Waals surface area (Å²) < 4.78 is 19.3. The number of hydrogen-bond acceptors (Lipinski definition) is 3. The van der Waals surface area contributed by atoms with Gasteiger partial charge in [-0.15, -0.1) is 0 Å². The molecule has 2 heterocycles. The topological polar surface area (TPSA) is 58.6 Å². The van der Waals surface area contributed by atoms with E-state index in [1.807, 2.05) is 6.92 Å². The fourth-order valence-electron chi connectivity index (χ4n) is 3.03. The number of ether oxygens (including phenoxy) is 1. The number of fused-ring (bicyclic) bond motifs is 1. The van der Waals surface area contributed by atoms with Gasteiger partial charge in [-0.3, -0.25) is 4.79 Å². The highest BCUT2D eigenvalue weighted by molar-refractivity contribution is 6.31.